The number of nitrogens with zero attached hydrogens (tertiary/aromatic N) is 2. The molecule has 0 saturated heterocycles. The highest BCUT2D eigenvalue weighted by Crippen LogP contribution is 2.40. The van der Waals surface area contributed by atoms with Gasteiger partial charge >= 0.3 is 0 Å². The van der Waals surface area contributed by atoms with Crippen molar-refractivity contribution >= 4 is 56.5 Å². The number of fused-ring (bicyclic) bond motifs is 1. The average Bonchev–Trinajstić information content (AvgIpc) is 3.41. The minimum atomic E-state index is -0.0605. The van der Waals surface area contributed by atoms with E-state index in [1.165, 1.54) is 0 Å². The molecule has 2 amide bonds. The van der Waals surface area contributed by atoms with Crippen LogP contribution in [0.25, 0.3) is 33.1 Å². The molecule has 0 radical (unpaired) electrons. The number of anilines is 2. The molecule has 3 aromatic carbocycles. The number of amides is 2. The van der Waals surface area contributed by atoms with Crippen LogP contribution in [0.3, 0.4) is 0 Å². The zero-order valence-corrected chi connectivity index (χ0v) is 21.1. The SMILES string of the molecule is CCN1C(=O)c2cccc3c(NC(=O)CCCc4c(-c5ccccn5)[nH]c5ccc(Cl)cc45)ccc1c23. The molecule has 184 valence electrons. The van der Waals surface area contributed by atoms with E-state index in [0.29, 0.717) is 36.4 Å². The summed E-state index contributed by atoms with van der Waals surface area (Å²) in [5.41, 5.74) is 6.22. The van der Waals surface area contributed by atoms with E-state index in [2.05, 4.69) is 15.3 Å². The Morgan fingerprint density at radius 1 is 1.05 bits per heavy atom. The first-order valence-corrected chi connectivity index (χ1v) is 12.8. The minimum absolute atomic E-state index is 0.00844. The number of hydrogen-bond donors (Lipinski definition) is 2. The second-order valence-corrected chi connectivity index (χ2v) is 9.63. The molecule has 7 heteroatoms. The van der Waals surface area contributed by atoms with Crippen molar-refractivity contribution in [1.82, 2.24) is 9.97 Å². The van der Waals surface area contributed by atoms with Crippen molar-refractivity contribution < 1.29 is 9.59 Å². The molecule has 5 aromatic rings. The highest BCUT2D eigenvalue weighted by molar-refractivity contribution is 6.31. The highest BCUT2D eigenvalue weighted by Gasteiger charge is 2.29. The zero-order chi connectivity index (χ0) is 25.5. The Balaban J connectivity index is 1.22. The van der Waals surface area contributed by atoms with Crippen LogP contribution in [0.1, 0.15) is 35.7 Å². The number of nitrogens with one attached hydrogen (secondary N) is 2. The largest absolute Gasteiger partial charge is 0.353 e. The first-order chi connectivity index (χ1) is 18.0. The summed E-state index contributed by atoms with van der Waals surface area (Å²) in [6.45, 7) is 2.57. The van der Waals surface area contributed by atoms with Gasteiger partial charge in [-0.05, 0) is 73.9 Å². The van der Waals surface area contributed by atoms with Gasteiger partial charge in [0.2, 0.25) is 5.91 Å². The van der Waals surface area contributed by atoms with E-state index in [0.717, 1.165) is 50.0 Å². The molecular formula is C30H25ClN4O2. The number of carbonyl (C=O) groups excluding carboxylic acids is 2. The molecule has 0 bridgehead atoms. The first-order valence-electron chi connectivity index (χ1n) is 12.4. The number of aromatic amines is 1. The molecule has 0 unspecified atom stereocenters. The summed E-state index contributed by atoms with van der Waals surface area (Å²) in [5.74, 6) is -0.0521. The molecule has 6 nitrogen and oxygen atoms in total. The molecule has 0 fully saturated rings. The zero-order valence-electron chi connectivity index (χ0n) is 20.3. The fourth-order valence-corrected chi connectivity index (χ4v) is 5.49. The van der Waals surface area contributed by atoms with Crippen LogP contribution in [-0.2, 0) is 11.2 Å². The van der Waals surface area contributed by atoms with Crippen LogP contribution in [0.2, 0.25) is 5.02 Å². The van der Waals surface area contributed by atoms with E-state index < -0.39 is 0 Å². The number of aromatic nitrogens is 2. The number of halogens is 1. The van der Waals surface area contributed by atoms with Gasteiger partial charge in [0.05, 0.1) is 17.1 Å². The highest BCUT2D eigenvalue weighted by atomic mass is 35.5. The molecule has 1 aliphatic rings. The Bertz CT molecular complexity index is 1680. The monoisotopic (exact) mass is 508 g/mol. The van der Waals surface area contributed by atoms with Crippen LogP contribution in [-0.4, -0.2) is 28.3 Å². The summed E-state index contributed by atoms with van der Waals surface area (Å²) >= 11 is 6.30. The summed E-state index contributed by atoms with van der Waals surface area (Å²) in [6, 6.07) is 21.1. The van der Waals surface area contributed by atoms with Gasteiger partial charge in [0.15, 0.2) is 0 Å². The first kappa shape index (κ1) is 23.3. The standard InChI is InChI=1S/C30H25ClN4O2/c1-2-35-26-15-14-23(20-8-5-9-21(28(20)26)30(35)37)33-27(36)11-6-7-19-22-17-18(31)12-13-24(22)34-29(19)25-10-3-4-16-32-25/h3-5,8-10,12-17,34H,2,6-7,11H2,1H3,(H,33,36). The predicted octanol–water partition coefficient (Wildman–Crippen LogP) is 6.98. The van der Waals surface area contributed by atoms with E-state index in [1.807, 2.05) is 73.7 Å². The molecule has 0 spiro atoms. The van der Waals surface area contributed by atoms with Gasteiger partial charge in [-0.3, -0.25) is 14.6 Å². The number of benzene rings is 3. The summed E-state index contributed by atoms with van der Waals surface area (Å²) in [4.78, 5) is 35.5. The van der Waals surface area contributed by atoms with Gasteiger partial charge in [0.25, 0.3) is 5.91 Å². The van der Waals surface area contributed by atoms with Crippen molar-refractivity contribution in [3.63, 3.8) is 0 Å². The molecule has 6 rings (SSSR count). The predicted molar refractivity (Wildman–Crippen MR) is 149 cm³/mol. The molecule has 0 aliphatic carbocycles. The van der Waals surface area contributed by atoms with Crippen LogP contribution in [0.15, 0.2) is 72.9 Å². The summed E-state index contributed by atoms with van der Waals surface area (Å²) in [5, 5.41) is 6.59. The van der Waals surface area contributed by atoms with E-state index in [1.54, 1.807) is 11.1 Å². The molecule has 0 saturated carbocycles. The number of H-pyrrole nitrogens is 1. The maximum Gasteiger partial charge on any atom is 0.258 e. The molecule has 3 heterocycles. The van der Waals surface area contributed by atoms with Gasteiger partial charge in [-0.15, -0.1) is 0 Å². The van der Waals surface area contributed by atoms with Gasteiger partial charge in [0.1, 0.15) is 0 Å². The lowest BCUT2D eigenvalue weighted by Crippen LogP contribution is -2.25. The molecule has 2 N–H and O–H groups in total. The fourth-order valence-electron chi connectivity index (χ4n) is 5.32. The van der Waals surface area contributed by atoms with Crippen LogP contribution in [0.4, 0.5) is 11.4 Å². The number of aryl methyl sites for hydroxylation is 1. The lowest BCUT2D eigenvalue weighted by Gasteiger charge is -2.15. The van der Waals surface area contributed by atoms with E-state index in [-0.39, 0.29) is 11.8 Å². The van der Waals surface area contributed by atoms with Crippen molar-refractivity contribution in [3.8, 4) is 11.4 Å². The summed E-state index contributed by atoms with van der Waals surface area (Å²) < 4.78 is 0. The van der Waals surface area contributed by atoms with Crippen molar-refractivity contribution in [3.05, 3.63) is 89.1 Å². The Kier molecular flexibility index (Phi) is 5.89. The normalized spacial score (nSPS) is 12.6. The molecule has 2 aromatic heterocycles. The topological polar surface area (TPSA) is 78.1 Å². The van der Waals surface area contributed by atoms with Gasteiger partial charge in [0, 0.05) is 57.1 Å². The van der Waals surface area contributed by atoms with Crippen LogP contribution in [0.5, 0.6) is 0 Å². The number of rotatable bonds is 7. The lowest BCUT2D eigenvalue weighted by atomic mass is 10.0. The summed E-state index contributed by atoms with van der Waals surface area (Å²) in [7, 11) is 0. The molecule has 0 atom stereocenters. The number of hydrogen-bond acceptors (Lipinski definition) is 3. The molecular weight excluding hydrogens is 484 g/mol. The third-order valence-electron chi connectivity index (χ3n) is 7.00. The quantitative estimate of drug-likeness (QED) is 0.249. The Morgan fingerprint density at radius 2 is 1.95 bits per heavy atom. The Hall–Kier alpha value is -4.16. The Labute approximate surface area is 219 Å². The van der Waals surface area contributed by atoms with Crippen LogP contribution in [0, 0.1) is 0 Å². The van der Waals surface area contributed by atoms with Crippen LogP contribution >= 0.6 is 11.6 Å². The van der Waals surface area contributed by atoms with Gasteiger partial charge in [-0.2, -0.15) is 0 Å². The van der Waals surface area contributed by atoms with E-state index in [9.17, 15) is 9.59 Å². The van der Waals surface area contributed by atoms with Gasteiger partial charge in [-0.1, -0.05) is 29.8 Å². The van der Waals surface area contributed by atoms with E-state index in [4.69, 9.17) is 11.6 Å². The van der Waals surface area contributed by atoms with Crippen molar-refractivity contribution in [1.29, 1.82) is 0 Å². The third kappa shape index (κ3) is 4.03. The third-order valence-corrected chi connectivity index (χ3v) is 7.23. The Morgan fingerprint density at radius 3 is 2.76 bits per heavy atom. The lowest BCUT2D eigenvalue weighted by molar-refractivity contribution is -0.116. The van der Waals surface area contributed by atoms with Crippen molar-refractivity contribution in [2.24, 2.45) is 0 Å². The fraction of sp³-hybridized carbons (Fsp3) is 0.167. The van der Waals surface area contributed by atoms with Gasteiger partial charge < -0.3 is 15.2 Å². The summed E-state index contributed by atoms with van der Waals surface area (Å²) in [6.07, 6.45) is 3.49. The number of carbonyl (C=O) groups is 2. The maximum absolute atomic E-state index is 13.0. The number of pyridine rings is 1. The van der Waals surface area contributed by atoms with E-state index >= 15 is 0 Å². The van der Waals surface area contributed by atoms with Crippen LogP contribution < -0.4 is 10.2 Å². The maximum atomic E-state index is 13.0. The van der Waals surface area contributed by atoms with Crippen molar-refractivity contribution in [2.45, 2.75) is 26.2 Å². The smallest absolute Gasteiger partial charge is 0.258 e. The second-order valence-electron chi connectivity index (χ2n) is 9.19. The van der Waals surface area contributed by atoms with Gasteiger partial charge in [-0.25, -0.2) is 0 Å². The molecule has 37 heavy (non-hydrogen) atoms. The second kappa shape index (κ2) is 9.37. The molecule has 1 aliphatic heterocycles. The average molecular weight is 509 g/mol. The minimum Gasteiger partial charge on any atom is -0.353 e. The van der Waals surface area contributed by atoms with Crippen molar-refractivity contribution in [2.75, 3.05) is 16.8 Å².